The molecule has 0 saturated carbocycles. The Morgan fingerprint density at radius 3 is 2.86 bits per heavy atom. The Morgan fingerprint density at radius 2 is 2.07 bits per heavy atom. The molecular weight excluding hydrogens is 388 g/mol. The maximum atomic E-state index is 12.2. The van der Waals surface area contributed by atoms with Gasteiger partial charge in [-0.3, -0.25) is 9.59 Å². The van der Waals surface area contributed by atoms with Crippen LogP contribution in [-0.4, -0.2) is 24.6 Å². The second kappa shape index (κ2) is 9.66. The van der Waals surface area contributed by atoms with Crippen molar-refractivity contribution in [2.24, 2.45) is 5.10 Å². The first-order chi connectivity index (χ1) is 14.1. The van der Waals surface area contributed by atoms with E-state index in [1.54, 1.807) is 24.3 Å². The Labute approximate surface area is 172 Å². The van der Waals surface area contributed by atoms with Gasteiger partial charge < -0.3 is 10.1 Å². The zero-order valence-electron chi connectivity index (χ0n) is 15.7. The summed E-state index contributed by atoms with van der Waals surface area (Å²) in [6, 6.07) is 9.30. The van der Waals surface area contributed by atoms with Gasteiger partial charge in [-0.2, -0.15) is 10.4 Å². The summed E-state index contributed by atoms with van der Waals surface area (Å²) in [6.07, 6.45) is 6.84. The monoisotopic (exact) mass is 408 g/mol. The second-order valence-corrected chi connectivity index (χ2v) is 7.42. The number of para-hydroxylation sites is 1. The topological polar surface area (TPSA) is 104 Å². The quantitative estimate of drug-likeness (QED) is 0.332. The minimum absolute atomic E-state index is 0.339. The molecule has 7 nitrogen and oxygen atoms in total. The average molecular weight is 408 g/mol. The molecule has 0 saturated heterocycles. The molecule has 0 bridgehead atoms. The molecule has 0 atom stereocenters. The third-order valence-corrected chi connectivity index (χ3v) is 5.57. The van der Waals surface area contributed by atoms with Gasteiger partial charge in [0.15, 0.2) is 0 Å². The van der Waals surface area contributed by atoms with Crippen LogP contribution in [0.1, 0.15) is 34.4 Å². The number of hydrazone groups is 1. The van der Waals surface area contributed by atoms with Crippen LogP contribution in [0.15, 0.2) is 42.0 Å². The number of nitriles is 1. The molecule has 1 heterocycles. The van der Waals surface area contributed by atoms with Crippen LogP contribution in [0.4, 0.5) is 5.00 Å². The second-order valence-electron chi connectivity index (χ2n) is 6.32. The molecule has 2 aromatic rings. The normalized spacial score (nSPS) is 12.7. The van der Waals surface area contributed by atoms with Crippen LogP contribution in [-0.2, 0) is 22.4 Å². The summed E-state index contributed by atoms with van der Waals surface area (Å²) in [7, 11) is 0. The third kappa shape index (κ3) is 4.89. The van der Waals surface area contributed by atoms with E-state index in [2.05, 4.69) is 28.5 Å². The van der Waals surface area contributed by atoms with Gasteiger partial charge in [-0.15, -0.1) is 11.3 Å². The number of nitrogens with zero attached hydrogens (tertiary/aromatic N) is 2. The first kappa shape index (κ1) is 20.3. The fourth-order valence-electron chi connectivity index (χ4n) is 3.01. The van der Waals surface area contributed by atoms with E-state index < -0.39 is 11.8 Å². The van der Waals surface area contributed by atoms with E-state index in [-0.39, 0.29) is 0 Å². The molecule has 1 aromatic carbocycles. The van der Waals surface area contributed by atoms with Crippen LogP contribution in [0, 0.1) is 11.3 Å². The Hall–Kier alpha value is -3.44. The van der Waals surface area contributed by atoms with E-state index in [9.17, 15) is 14.9 Å². The Kier molecular flexibility index (Phi) is 6.76. The average Bonchev–Trinajstić information content (AvgIpc) is 3.09. The molecule has 2 N–H and O–H groups in total. The summed E-state index contributed by atoms with van der Waals surface area (Å²) in [5.74, 6) is -1.20. The minimum Gasteiger partial charge on any atom is -0.489 e. The summed E-state index contributed by atoms with van der Waals surface area (Å²) in [4.78, 5) is 25.4. The van der Waals surface area contributed by atoms with Crippen molar-refractivity contribution in [1.82, 2.24) is 5.43 Å². The molecule has 0 unspecified atom stereocenters. The highest BCUT2D eigenvalue weighted by Gasteiger charge is 2.23. The number of anilines is 1. The van der Waals surface area contributed by atoms with Crippen molar-refractivity contribution in [3.63, 3.8) is 0 Å². The van der Waals surface area contributed by atoms with E-state index in [0.717, 1.165) is 36.1 Å². The predicted octanol–water partition coefficient (Wildman–Crippen LogP) is 3.15. The van der Waals surface area contributed by atoms with Crippen LogP contribution in [0.3, 0.4) is 0 Å². The maximum absolute atomic E-state index is 12.2. The van der Waals surface area contributed by atoms with Crippen LogP contribution < -0.4 is 15.5 Å². The van der Waals surface area contributed by atoms with Crippen molar-refractivity contribution in [3.8, 4) is 11.8 Å². The number of amides is 2. The number of ether oxygens (including phenoxy) is 1. The van der Waals surface area contributed by atoms with Gasteiger partial charge >= 0.3 is 11.8 Å². The van der Waals surface area contributed by atoms with Gasteiger partial charge in [-0.1, -0.05) is 24.8 Å². The van der Waals surface area contributed by atoms with Gasteiger partial charge in [-0.05, 0) is 43.4 Å². The number of nitrogens with one attached hydrogen (secondary N) is 2. The van der Waals surface area contributed by atoms with Crippen LogP contribution in [0.25, 0.3) is 0 Å². The van der Waals surface area contributed by atoms with Crippen molar-refractivity contribution in [1.29, 1.82) is 5.26 Å². The van der Waals surface area contributed by atoms with Gasteiger partial charge in [0.1, 0.15) is 23.4 Å². The summed E-state index contributed by atoms with van der Waals surface area (Å²) in [5, 5.41) is 16.2. The molecule has 1 aliphatic carbocycles. The fraction of sp³-hybridized carbons (Fsp3) is 0.238. The van der Waals surface area contributed by atoms with Crippen molar-refractivity contribution in [3.05, 3.63) is 58.5 Å². The lowest BCUT2D eigenvalue weighted by atomic mass is 9.96. The van der Waals surface area contributed by atoms with Gasteiger partial charge in [0.25, 0.3) is 0 Å². The summed E-state index contributed by atoms with van der Waals surface area (Å²) < 4.78 is 5.51. The fourth-order valence-corrected chi connectivity index (χ4v) is 4.25. The van der Waals surface area contributed by atoms with Crippen molar-refractivity contribution in [2.45, 2.75) is 25.7 Å². The molecular formula is C21H20N4O3S. The molecule has 0 radical (unpaired) electrons. The number of carbonyl (C=O) groups excluding carboxylic acids is 2. The molecule has 29 heavy (non-hydrogen) atoms. The zero-order valence-corrected chi connectivity index (χ0v) is 16.6. The highest BCUT2D eigenvalue weighted by molar-refractivity contribution is 7.16. The standard InChI is InChI=1S/C21H20N4O3S/c1-2-11-28-17-9-5-3-7-14(17)13-23-25-20(27)19(26)24-21-16(12-22)15-8-4-6-10-18(15)29-21/h2-3,5,7,9,13H,1,4,6,8,10-11H2,(H,24,26)(H,25,27). The van der Waals surface area contributed by atoms with Gasteiger partial charge in [0.05, 0.1) is 11.8 Å². The van der Waals surface area contributed by atoms with Crippen LogP contribution in [0.2, 0.25) is 0 Å². The van der Waals surface area contributed by atoms with Crippen molar-refractivity contribution in [2.75, 3.05) is 11.9 Å². The largest absolute Gasteiger partial charge is 0.489 e. The lowest BCUT2D eigenvalue weighted by Gasteiger charge is -2.09. The number of benzene rings is 1. The number of aryl methyl sites for hydroxylation is 1. The molecule has 0 fully saturated rings. The first-order valence-electron chi connectivity index (χ1n) is 9.15. The smallest absolute Gasteiger partial charge is 0.329 e. The van der Waals surface area contributed by atoms with Gasteiger partial charge in [0, 0.05) is 10.4 Å². The van der Waals surface area contributed by atoms with Gasteiger partial charge in [0.2, 0.25) is 0 Å². The number of rotatable bonds is 6. The molecule has 1 aliphatic rings. The van der Waals surface area contributed by atoms with Crippen LogP contribution in [0.5, 0.6) is 5.75 Å². The van der Waals surface area contributed by atoms with Gasteiger partial charge in [-0.25, -0.2) is 5.43 Å². The molecule has 2 amide bonds. The molecule has 1 aromatic heterocycles. The minimum atomic E-state index is -0.916. The summed E-state index contributed by atoms with van der Waals surface area (Å²) in [6.45, 7) is 3.94. The summed E-state index contributed by atoms with van der Waals surface area (Å²) >= 11 is 1.37. The third-order valence-electron chi connectivity index (χ3n) is 4.36. The lowest BCUT2D eigenvalue weighted by Crippen LogP contribution is -2.32. The Bertz CT molecular complexity index is 1000. The Balaban J connectivity index is 1.63. The first-order valence-corrected chi connectivity index (χ1v) is 9.97. The number of hydrogen-bond donors (Lipinski definition) is 2. The van der Waals surface area contributed by atoms with E-state index in [1.807, 2.05) is 6.07 Å². The number of thiophene rings is 1. The molecule has 148 valence electrons. The van der Waals surface area contributed by atoms with E-state index >= 15 is 0 Å². The highest BCUT2D eigenvalue weighted by Crippen LogP contribution is 2.37. The van der Waals surface area contributed by atoms with Crippen molar-refractivity contribution >= 4 is 34.4 Å². The van der Waals surface area contributed by atoms with E-state index in [1.165, 1.54) is 17.6 Å². The highest BCUT2D eigenvalue weighted by atomic mass is 32.1. The SMILES string of the molecule is C=CCOc1ccccc1C=NNC(=O)C(=O)Nc1sc2c(c1C#N)CCCC2. The molecule has 0 spiro atoms. The number of hydrogen-bond acceptors (Lipinski definition) is 6. The zero-order chi connectivity index (χ0) is 20.6. The molecule has 0 aliphatic heterocycles. The van der Waals surface area contributed by atoms with Crippen LogP contribution >= 0.6 is 11.3 Å². The summed E-state index contributed by atoms with van der Waals surface area (Å²) in [5.41, 5.74) is 4.30. The number of carbonyl (C=O) groups is 2. The van der Waals surface area contributed by atoms with E-state index in [0.29, 0.717) is 28.5 Å². The predicted molar refractivity (Wildman–Crippen MR) is 112 cm³/mol. The number of fused-ring (bicyclic) bond motifs is 1. The maximum Gasteiger partial charge on any atom is 0.329 e. The molecule has 8 heteroatoms. The van der Waals surface area contributed by atoms with Crippen molar-refractivity contribution < 1.29 is 14.3 Å². The Morgan fingerprint density at radius 1 is 1.28 bits per heavy atom. The molecule has 3 rings (SSSR count). The van der Waals surface area contributed by atoms with E-state index in [4.69, 9.17) is 4.74 Å². The lowest BCUT2D eigenvalue weighted by molar-refractivity contribution is -0.136.